The van der Waals surface area contributed by atoms with E-state index in [1.165, 1.54) is 0 Å². The number of carbonyl (C=O) groups is 2. The van der Waals surface area contributed by atoms with Gasteiger partial charge in [0.1, 0.15) is 0 Å². The first-order valence-electron chi connectivity index (χ1n) is 7.25. The number of carboxylic acid groups (broad SMARTS) is 1. The predicted molar refractivity (Wildman–Crippen MR) is 87.2 cm³/mol. The van der Waals surface area contributed by atoms with Gasteiger partial charge in [0.15, 0.2) is 0 Å². The molecule has 2 N–H and O–H groups in total. The minimum Gasteiger partial charge on any atom is -0.481 e. The molecule has 0 aliphatic heterocycles. The zero-order valence-electron chi connectivity index (χ0n) is 13.2. The highest BCUT2D eigenvalue weighted by atomic mass is 32.2. The molecular weight excluding hydrogens is 302 g/mol. The Balaban J connectivity index is 2.81. The van der Waals surface area contributed by atoms with Crippen molar-refractivity contribution in [1.82, 2.24) is 5.32 Å². The van der Waals surface area contributed by atoms with Crippen LogP contribution >= 0.6 is 0 Å². The summed E-state index contributed by atoms with van der Waals surface area (Å²) in [7, 11) is -0.974. The van der Waals surface area contributed by atoms with Gasteiger partial charge in [-0.15, -0.1) is 0 Å². The summed E-state index contributed by atoms with van der Waals surface area (Å²) in [5.74, 6) is -0.811. The van der Waals surface area contributed by atoms with Crippen molar-refractivity contribution in [2.45, 2.75) is 32.4 Å². The maximum absolute atomic E-state index is 12.2. The topological polar surface area (TPSA) is 83.5 Å². The molecule has 0 bridgehead atoms. The SMILES string of the molecule is CCC(CC)(CNC(=O)c1cccc(CS(C)=O)c1)C(=O)O. The number of carboxylic acids is 1. The smallest absolute Gasteiger partial charge is 0.311 e. The van der Waals surface area contributed by atoms with Gasteiger partial charge in [-0.2, -0.15) is 0 Å². The third-order valence-corrected chi connectivity index (χ3v) is 4.69. The van der Waals surface area contributed by atoms with Crippen molar-refractivity contribution < 1.29 is 18.9 Å². The molecule has 6 heteroatoms. The van der Waals surface area contributed by atoms with Crippen molar-refractivity contribution >= 4 is 22.7 Å². The molecule has 5 nitrogen and oxygen atoms in total. The van der Waals surface area contributed by atoms with Crippen molar-refractivity contribution in [3.05, 3.63) is 35.4 Å². The van der Waals surface area contributed by atoms with Crippen LogP contribution in [0.1, 0.15) is 42.6 Å². The Morgan fingerprint density at radius 1 is 1.27 bits per heavy atom. The molecular formula is C16H23NO4S. The molecule has 0 spiro atoms. The summed E-state index contributed by atoms with van der Waals surface area (Å²) < 4.78 is 11.2. The molecule has 0 heterocycles. The second-order valence-electron chi connectivity index (χ2n) is 5.39. The third kappa shape index (κ3) is 4.66. The second-order valence-corrected chi connectivity index (χ2v) is 6.83. The van der Waals surface area contributed by atoms with Crippen molar-refractivity contribution in [2.24, 2.45) is 5.41 Å². The highest BCUT2D eigenvalue weighted by molar-refractivity contribution is 7.83. The number of amides is 1. The number of hydrogen-bond donors (Lipinski definition) is 2. The van der Waals surface area contributed by atoms with Crippen LogP contribution in [0.25, 0.3) is 0 Å². The zero-order valence-corrected chi connectivity index (χ0v) is 14.0. The summed E-state index contributed by atoms with van der Waals surface area (Å²) in [4.78, 5) is 23.6. The lowest BCUT2D eigenvalue weighted by atomic mass is 9.82. The molecule has 0 aliphatic carbocycles. The highest BCUT2D eigenvalue weighted by Gasteiger charge is 2.35. The Kier molecular flexibility index (Phi) is 6.74. The first-order valence-corrected chi connectivity index (χ1v) is 8.98. The van der Waals surface area contributed by atoms with E-state index in [0.717, 1.165) is 5.56 Å². The molecule has 0 radical (unpaired) electrons. The van der Waals surface area contributed by atoms with Gasteiger partial charge in [0.05, 0.1) is 5.41 Å². The number of nitrogens with one attached hydrogen (secondary N) is 1. The maximum Gasteiger partial charge on any atom is 0.311 e. The second kappa shape index (κ2) is 8.08. The fraction of sp³-hybridized carbons (Fsp3) is 0.500. The van der Waals surface area contributed by atoms with Gasteiger partial charge in [0, 0.05) is 34.9 Å². The molecule has 0 saturated heterocycles. The van der Waals surface area contributed by atoms with Crippen LogP contribution in [0.5, 0.6) is 0 Å². The van der Waals surface area contributed by atoms with Crippen LogP contribution in [-0.2, 0) is 21.3 Å². The zero-order chi connectivity index (χ0) is 16.8. The van der Waals surface area contributed by atoms with E-state index in [2.05, 4.69) is 5.32 Å². The van der Waals surface area contributed by atoms with Crippen molar-refractivity contribution in [2.75, 3.05) is 12.8 Å². The lowest BCUT2D eigenvalue weighted by Crippen LogP contribution is -2.42. The predicted octanol–water partition coefficient (Wildman–Crippen LogP) is 2.19. The number of benzene rings is 1. The average Bonchev–Trinajstić information content (AvgIpc) is 2.47. The largest absolute Gasteiger partial charge is 0.481 e. The third-order valence-electron chi connectivity index (χ3n) is 3.95. The summed E-state index contributed by atoms with van der Waals surface area (Å²) in [6.07, 6.45) is 2.51. The molecule has 1 unspecified atom stereocenters. The van der Waals surface area contributed by atoms with Crippen molar-refractivity contribution in [1.29, 1.82) is 0 Å². The molecule has 22 heavy (non-hydrogen) atoms. The van der Waals surface area contributed by atoms with Crippen molar-refractivity contribution in [3.63, 3.8) is 0 Å². The Morgan fingerprint density at radius 2 is 1.91 bits per heavy atom. The van der Waals surface area contributed by atoms with Gasteiger partial charge in [0.25, 0.3) is 5.91 Å². The molecule has 1 aromatic rings. The average molecular weight is 325 g/mol. The van der Waals surface area contributed by atoms with E-state index in [0.29, 0.717) is 24.2 Å². The Hall–Kier alpha value is -1.69. The highest BCUT2D eigenvalue weighted by Crippen LogP contribution is 2.25. The van der Waals surface area contributed by atoms with Crippen LogP contribution in [-0.4, -0.2) is 34.0 Å². The summed E-state index contributed by atoms with van der Waals surface area (Å²) in [6, 6.07) is 6.91. The molecule has 122 valence electrons. The van der Waals surface area contributed by atoms with E-state index in [1.54, 1.807) is 38.3 Å². The van der Waals surface area contributed by atoms with Gasteiger partial charge in [0.2, 0.25) is 0 Å². The summed E-state index contributed by atoms with van der Waals surface area (Å²) in [6.45, 7) is 3.71. The number of aliphatic carboxylic acids is 1. The lowest BCUT2D eigenvalue weighted by molar-refractivity contribution is -0.149. The van der Waals surface area contributed by atoms with Gasteiger partial charge >= 0.3 is 5.97 Å². The summed E-state index contributed by atoms with van der Waals surface area (Å²) in [5, 5.41) is 12.1. The molecule has 1 atom stereocenters. The molecule has 0 aliphatic rings. The van der Waals surface area contributed by atoms with Gasteiger partial charge in [-0.1, -0.05) is 26.0 Å². The van der Waals surface area contributed by atoms with E-state index in [4.69, 9.17) is 0 Å². The van der Waals surface area contributed by atoms with Crippen molar-refractivity contribution in [3.8, 4) is 0 Å². The van der Waals surface area contributed by atoms with Gasteiger partial charge in [-0.25, -0.2) is 0 Å². The van der Waals surface area contributed by atoms with Crippen LogP contribution < -0.4 is 5.32 Å². The normalized spacial score (nSPS) is 12.7. The van der Waals surface area contributed by atoms with Gasteiger partial charge < -0.3 is 10.4 Å². The molecule has 1 aromatic carbocycles. The van der Waals surface area contributed by atoms with Gasteiger partial charge in [-0.05, 0) is 30.5 Å². The fourth-order valence-electron chi connectivity index (χ4n) is 2.27. The van der Waals surface area contributed by atoms with Crippen LogP contribution in [0.4, 0.5) is 0 Å². The van der Waals surface area contributed by atoms with Crippen LogP contribution in [0.3, 0.4) is 0 Å². The lowest BCUT2D eigenvalue weighted by Gasteiger charge is -2.26. The fourth-order valence-corrected chi connectivity index (χ4v) is 2.92. The van der Waals surface area contributed by atoms with Crippen LogP contribution in [0.15, 0.2) is 24.3 Å². The van der Waals surface area contributed by atoms with Crippen LogP contribution in [0.2, 0.25) is 0 Å². The first kappa shape index (κ1) is 18.4. The van der Waals surface area contributed by atoms with E-state index in [1.807, 2.05) is 6.07 Å². The molecule has 0 saturated carbocycles. The molecule has 0 fully saturated rings. The van der Waals surface area contributed by atoms with E-state index in [-0.39, 0.29) is 12.5 Å². The first-order chi connectivity index (χ1) is 10.3. The standard InChI is InChI=1S/C16H23NO4S/c1-4-16(5-2,15(19)20)11-17-14(18)13-8-6-7-12(9-13)10-22(3)21/h6-9H,4-5,10-11H2,1-3H3,(H,17,18)(H,19,20). The molecule has 1 amide bonds. The quantitative estimate of drug-likeness (QED) is 0.767. The van der Waals surface area contributed by atoms with E-state index >= 15 is 0 Å². The molecule has 1 rings (SSSR count). The number of rotatable bonds is 8. The summed E-state index contributed by atoms with van der Waals surface area (Å²) in [5.41, 5.74) is 0.344. The minimum absolute atomic E-state index is 0.0953. The molecule has 0 aromatic heterocycles. The number of carbonyl (C=O) groups excluding carboxylic acids is 1. The Morgan fingerprint density at radius 3 is 2.41 bits per heavy atom. The van der Waals surface area contributed by atoms with E-state index < -0.39 is 22.2 Å². The van der Waals surface area contributed by atoms with Gasteiger partial charge in [-0.3, -0.25) is 13.8 Å². The monoisotopic (exact) mass is 325 g/mol. The minimum atomic E-state index is -0.974. The Bertz CT molecular complexity index is 567. The maximum atomic E-state index is 12.2. The van der Waals surface area contributed by atoms with E-state index in [9.17, 15) is 18.9 Å². The number of hydrogen-bond acceptors (Lipinski definition) is 3. The van der Waals surface area contributed by atoms with Crippen LogP contribution in [0, 0.1) is 5.41 Å². The summed E-state index contributed by atoms with van der Waals surface area (Å²) >= 11 is 0. The Labute approximate surface area is 133 Å².